The van der Waals surface area contributed by atoms with Gasteiger partial charge in [-0.25, -0.2) is 0 Å². The van der Waals surface area contributed by atoms with Crippen LogP contribution < -0.4 is 18.3 Å². The summed E-state index contributed by atoms with van der Waals surface area (Å²) in [5, 5.41) is 6.64. The molecule has 0 saturated heterocycles. The van der Waals surface area contributed by atoms with Crippen molar-refractivity contribution in [2.45, 2.75) is 13.3 Å². The molecule has 0 N–H and O–H groups in total. The number of benzene rings is 3. The second-order valence-electron chi connectivity index (χ2n) is 9.62. The molecule has 7 aromatic rings. The third-order valence-corrected chi connectivity index (χ3v) is 7.57. The van der Waals surface area contributed by atoms with E-state index in [1.165, 1.54) is 54.7 Å². The van der Waals surface area contributed by atoms with E-state index in [0.717, 1.165) is 13.3 Å². The summed E-state index contributed by atoms with van der Waals surface area (Å²) in [5.74, 6) is 0. The van der Waals surface area contributed by atoms with Crippen LogP contribution in [0.15, 0.2) is 122 Å². The fraction of sp³-hybridized carbons (Fsp3) is 0.0625. The van der Waals surface area contributed by atoms with E-state index >= 15 is 0 Å². The molecule has 0 atom stereocenters. The molecule has 0 radical (unpaired) electrons. The SMILES string of the molecule is c1cc2ccc3ccc4ccc[n+]5c4c3c2[n+](c1)C5.c1cc[n+]2c(c1)-c1cccc3ccc[n+](c13)C2. The molecule has 36 heavy (non-hydrogen) atoms. The van der Waals surface area contributed by atoms with E-state index in [9.17, 15) is 0 Å². The zero-order valence-corrected chi connectivity index (χ0v) is 19.8. The van der Waals surface area contributed by atoms with Gasteiger partial charge in [0.2, 0.25) is 22.2 Å². The number of rotatable bonds is 0. The quantitative estimate of drug-likeness (QED) is 0.233. The first-order chi connectivity index (χ1) is 17.8. The van der Waals surface area contributed by atoms with Gasteiger partial charge in [0.1, 0.15) is 10.9 Å². The predicted octanol–water partition coefficient (Wildman–Crippen LogP) is 4.44. The lowest BCUT2D eigenvalue weighted by Crippen LogP contribution is -2.55. The van der Waals surface area contributed by atoms with Crippen molar-refractivity contribution < 1.29 is 18.3 Å². The number of nitrogens with zero attached hydrogens (tertiary/aromatic N) is 4. The summed E-state index contributed by atoms with van der Waals surface area (Å²) in [6, 6.07) is 34.7. The molecule has 4 nitrogen and oxygen atoms in total. The van der Waals surface area contributed by atoms with Gasteiger partial charge in [0, 0.05) is 46.5 Å². The summed E-state index contributed by atoms with van der Waals surface area (Å²) in [4.78, 5) is 0. The highest BCUT2D eigenvalue weighted by Crippen LogP contribution is 2.29. The standard InChI is InChI=1S/C17H12N2.C15H12N2/c1-3-13-7-5-12-6-8-14-4-2-10-19-11-18(9-1)16(13)15(12)17(14)19;1-2-9-16-11-17-10-4-6-12-5-3-7-13(15(12)17)14(16)8-1/h1-10H,11H2;1-10H,11H2/q2*+2. The summed E-state index contributed by atoms with van der Waals surface area (Å²) < 4.78 is 9.26. The van der Waals surface area contributed by atoms with Crippen molar-refractivity contribution in [3.8, 4) is 11.3 Å². The molecule has 0 bridgehead atoms. The second-order valence-corrected chi connectivity index (χ2v) is 9.62. The number of fused-ring (bicyclic) bond motifs is 2. The minimum atomic E-state index is 0.893. The number of pyridine rings is 4. The van der Waals surface area contributed by atoms with Gasteiger partial charge in [-0.1, -0.05) is 18.2 Å². The molecule has 0 amide bonds. The van der Waals surface area contributed by atoms with Crippen LogP contribution in [0.5, 0.6) is 0 Å². The van der Waals surface area contributed by atoms with Crippen molar-refractivity contribution in [2.24, 2.45) is 0 Å². The fourth-order valence-electron chi connectivity index (χ4n) is 6.03. The molecule has 4 aromatic heterocycles. The van der Waals surface area contributed by atoms with Gasteiger partial charge in [-0.15, -0.1) is 18.3 Å². The van der Waals surface area contributed by atoms with Crippen molar-refractivity contribution in [2.75, 3.05) is 0 Å². The van der Waals surface area contributed by atoms with Gasteiger partial charge in [-0.05, 0) is 53.9 Å². The van der Waals surface area contributed by atoms with Crippen molar-refractivity contribution in [3.63, 3.8) is 0 Å². The van der Waals surface area contributed by atoms with Gasteiger partial charge in [0.15, 0.2) is 24.8 Å². The van der Waals surface area contributed by atoms with Crippen LogP contribution in [0.3, 0.4) is 0 Å². The Morgan fingerprint density at radius 2 is 0.917 bits per heavy atom. The maximum absolute atomic E-state index is 2.34. The summed E-state index contributed by atoms with van der Waals surface area (Å²) in [7, 11) is 0. The smallest absolute Gasteiger partial charge is 0.139 e. The van der Waals surface area contributed by atoms with E-state index < -0.39 is 0 Å². The summed E-state index contributed by atoms with van der Waals surface area (Å²) in [5.41, 5.74) is 6.66. The Labute approximate surface area is 208 Å². The van der Waals surface area contributed by atoms with E-state index in [1.54, 1.807) is 0 Å². The van der Waals surface area contributed by atoms with E-state index in [2.05, 4.69) is 140 Å². The minimum absolute atomic E-state index is 0.893. The average molecular weight is 465 g/mol. The molecule has 0 saturated carbocycles. The predicted molar refractivity (Wildman–Crippen MR) is 140 cm³/mol. The molecule has 0 aliphatic carbocycles. The van der Waals surface area contributed by atoms with E-state index in [4.69, 9.17) is 0 Å². The highest BCUT2D eigenvalue weighted by Gasteiger charge is 2.29. The molecule has 168 valence electrons. The monoisotopic (exact) mass is 464 g/mol. The first-order valence-corrected chi connectivity index (χ1v) is 12.4. The zero-order chi connectivity index (χ0) is 23.6. The van der Waals surface area contributed by atoms with Crippen LogP contribution in [0.25, 0.3) is 54.7 Å². The molecule has 2 aliphatic heterocycles. The van der Waals surface area contributed by atoms with Gasteiger partial charge in [0.25, 0.3) is 0 Å². The molecule has 6 heterocycles. The van der Waals surface area contributed by atoms with E-state index in [-0.39, 0.29) is 0 Å². The van der Waals surface area contributed by atoms with E-state index in [1.807, 2.05) is 0 Å². The normalized spacial score (nSPS) is 12.8. The average Bonchev–Trinajstić information content (AvgIpc) is 2.94. The van der Waals surface area contributed by atoms with Crippen molar-refractivity contribution >= 4 is 43.5 Å². The van der Waals surface area contributed by atoms with Crippen LogP contribution in [-0.4, -0.2) is 0 Å². The van der Waals surface area contributed by atoms with Crippen LogP contribution in [0, 0.1) is 0 Å². The van der Waals surface area contributed by atoms with Crippen LogP contribution in [0.1, 0.15) is 0 Å². The van der Waals surface area contributed by atoms with E-state index in [0.29, 0.717) is 0 Å². The lowest BCUT2D eigenvalue weighted by atomic mass is 10.0. The lowest BCUT2D eigenvalue weighted by molar-refractivity contribution is -0.901. The van der Waals surface area contributed by atoms with Crippen molar-refractivity contribution in [3.05, 3.63) is 122 Å². The van der Waals surface area contributed by atoms with Crippen LogP contribution in [-0.2, 0) is 13.3 Å². The Kier molecular flexibility index (Phi) is 4.03. The van der Waals surface area contributed by atoms with Crippen molar-refractivity contribution in [1.82, 2.24) is 0 Å². The summed E-state index contributed by atoms with van der Waals surface area (Å²) in [6.07, 6.45) is 8.62. The first kappa shape index (κ1) is 19.6. The maximum Gasteiger partial charge on any atom is 0.344 e. The van der Waals surface area contributed by atoms with Crippen molar-refractivity contribution in [1.29, 1.82) is 0 Å². The number of hydrogen-bond donors (Lipinski definition) is 0. The Balaban J connectivity index is 0.000000115. The van der Waals surface area contributed by atoms with Gasteiger partial charge in [-0.3, -0.25) is 0 Å². The van der Waals surface area contributed by atoms with Gasteiger partial charge < -0.3 is 0 Å². The third kappa shape index (κ3) is 2.75. The molecule has 4 heteroatoms. The van der Waals surface area contributed by atoms with Gasteiger partial charge >= 0.3 is 13.3 Å². The molecule has 2 aliphatic rings. The number of para-hydroxylation sites is 1. The number of aromatic nitrogens is 4. The molecule has 3 aromatic carbocycles. The molecule has 0 unspecified atom stereocenters. The maximum atomic E-state index is 2.34. The zero-order valence-electron chi connectivity index (χ0n) is 19.8. The summed E-state index contributed by atoms with van der Waals surface area (Å²) >= 11 is 0. The Bertz CT molecular complexity index is 1930. The molecular formula is C32H24N4+4. The second kappa shape index (κ2) is 7.40. The summed E-state index contributed by atoms with van der Waals surface area (Å²) in [6.45, 7) is 1.79. The fourth-order valence-corrected chi connectivity index (χ4v) is 6.03. The van der Waals surface area contributed by atoms with Gasteiger partial charge in [-0.2, -0.15) is 0 Å². The Hall–Kier alpha value is -4.70. The van der Waals surface area contributed by atoms with Gasteiger partial charge in [0.05, 0.1) is 0 Å². The van der Waals surface area contributed by atoms with Crippen LogP contribution >= 0.6 is 0 Å². The molecule has 0 spiro atoms. The lowest BCUT2D eigenvalue weighted by Gasteiger charge is -2.10. The largest absolute Gasteiger partial charge is 0.344 e. The van der Waals surface area contributed by atoms with Crippen LogP contribution in [0.2, 0.25) is 0 Å². The Morgan fingerprint density at radius 1 is 0.389 bits per heavy atom. The first-order valence-electron chi connectivity index (χ1n) is 12.4. The minimum Gasteiger partial charge on any atom is -0.139 e. The highest BCUT2D eigenvalue weighted by atomic mass is 15.2. The topological polar surface area (TPSA) is 15.5 Å². The number of hydrogen-bond acceptors (Lipinski definition) is 0. The Morgan fingerprint density at radius 3 is 1.61 bits per heavy atom. The van der Waals surface area contributed by atoms with Crippen LogP contribution in [0.4, 0.5) is 0 Å². The molecule has 9 rings (SSSR count). The molecular weight excluding hydrogens is 440 g/mol. The third-order valence-electron chi connectivity index (χ3n) is 7.57. The molecule has 0 fully saturated rings. The highest BCUT2D eigenvalue weighted by molar-refractivity contribution is 6.15.